The molecule has 0 radical (unpaired) electrons. The largest absolute Gasteiger partial charge is 0.312 e. The minimum atomic E-state index is -0.0369. The maximum Gasteiger partial charge on any atom is 0.271 e. The van der Waals surface area contributed by atoms with E-state index in [2.05, 4.69) is 55.5 Å². The van der Waals surface area contributed by atoms with Gasteiger partial charge in [-0.15, -0.1) is 0 Å². The molecule has 0 unspecified atom stereocenters. The summed E-state index contributed by atoms with van der Waals surface area (Å²) in [5, 5.41) is 7.70. The lowest BCUT2D eigenvalue weighted by molar-refractivity contribution is 0.547. The molecule has 2 aromatic rings. The highest BCUT2D eigenvalue weighted by Gasteiger charge is 2.08. The number of aromatic nitrogens is 2. The summed E-state index contributed by atoms with van der Waals surface area (Å²) in [5.74, 6) is 0.562. The zero-order valence-electron chi connectivity index (χ0n) is 13.9. The van der Waals surface area contributed by atoms with Crippen LogP contribution >= 0.6 is 0 Å². The van der Waals surface area contributed by atoms with E-state index >= 15 is 0 Å². The lowest BCUT2D eigenvalue weighted by atomic mass is 10.1. The van der Waals surface area contributed by atoms with E-state index in [1.54, 1.807) is 7.05 Å². The van der Waals surface area contributed by atoms with Crippen molar-refractivity contribution < 1.29 is 0 Å². The first-order valence-corrected chi connectivity index (χ1v) is 7.88. The summed E-state index contributed by atoms with van der Waals surface area (Å²) in [5.41, 5.74) is 3.90. The van der Waals surface area contributed by atoms with Crippen LogP contribution in [0.3, 0.4) is 0 Å². The van der Waals surface area contributed by atoms with E-state index in [4.69, 9.17) is 0 Å². The standard InChI is InChI=1S/C18H25N3O/c1-5-14-6-8-15(9-7-14)17-10-16(12-19-11-13(2)3)18(22)21(4)20-17/h6-10,13,19H,5,11-12H2,1-4H3. The number of hydrogen-bond acceptors (Lipinski definition) is 3. The number of nitrogens with zero attached hydrogens (tertiary/aromatic N) is 2. The Kier molecular flexibility index (Phi) is 5.50. The molecule has 0 saturated carbocycles. The van der Waals surface area contributed by atoms with Crippen molar-refractivity contribution in [2.45, 2.75) is 33.7 Å². The van der Waals surface area contributed by atoms with Crippen LogP contribution in [-0.4, -0.2) is 16.3 Å². The van der Waals surface area contributed by atoms with Crippen molar-refractivity contribution in [3.05, 3.63) is 51.8 Å². The number of benzene rings is 1. The molecule has 22 heavy (non-hydrogen) atoms. The van der Waals surface area contributed by atoms with Crippen LogP contribution in [0.2, 0.25) is 0 Å². The third-order valence-corrected chi connectivity index (χ3v) is 3.66. The van der Waals surface area contributed by atoms with Crippen molar-refractivity contribution in [1.82, 2.24) is 15.1 Å². The van der Waals surface area contributed by atoms with Gasteiger partial charge in [0.05, 0.1) is 5.69 Å². The van der Waals surface area contributed by atoms with E-state index in [1.165, 1.54) is 10.2 Å². The SMILES string of the molecule is CCc1ccc(-c2cc(CNCC(C)C)c(=O)n(C)n2)cc1. The van der Waals surface area contributed by atoms with E-state index in [0.717, 1.165) is 29.8 Å². The monoisotopic (exact) mass is 299 g/mol. The van der Waals surface area contributed by atoms with Gasteiger partial charge in [0.2, 0.25) is 0 Å². The molecule has 1 heterocycles. The zero-order chi connectivity index (χ0) is 16.1. The molecular formula is C18H25N3O. The van der Waals surface area contributed by atoms with Crippen molar-refractivity contribution in [3.63, 3.8) is 0 Å². The van der Waals surface area contributed by atoms with Gasteiger partial charge in [-0.3, -0.25) is 4.79 Å². The quantitative estimate of drug-likeness (QED) is 0.892. The first-order chi connectivity index (χ1) is 10.5. The van der Waals surface area contributed by atoms with E-state index < -0.39 is 0 Å². The fourth-order valence-corrected chi connectivity index (χ4v) is 2.34. The highest BCUT2D eigenvalue weighted by atomic mass is 16.1. The predicted octanol–water partition coefficient (Wildman–Crippen LogP) is 2.76. The average molecular weight is 299 g/mol. The zero-order valence-corrected chi connectivity index (χ0v) is 13.9. The molecule has 0 bridgehead atoms. The smallest absolute Gasteiger partial charge is 0.271 e. The van der Waals surface area contributed by atoms with E-state index in [1.807, 2.05) is 6.07 Å². The molecule has 0 fully saturated rings. The summed E-state index contributed by atoms with van der Waals surface area (Å²) in [6.07, 6.45) is 1.02. The van der Waals surface area contributed by atoms with Gasteiger partial charge in [0.1, 0.15) is 0 Å². The molecule has 0 aliphatic heterocycles. The first-order valence-electron chi connectivity index (χ1n) is 7.88. The Bertz CT molecular complexity index is 672. The van der Waals surface area contributed by atoms with Crippen molar-refractivity contribution in [3.8, 4) is 11.3 Å². The van der Waals surface area contributed by atoms with Crippen LogP contribution in [0.15, 0.2) is 35.1 Å². The summed E-state index contributed by atoms with van der Waals surface area (Å²) in [4.78, 5) is 12.2. The molecular weight excluding hydrogens is 274 g/mol. The molecule has 4 nitrogen and oxygen atoms in total. The Balaban J connectivity index is 2.28. The molecule has 0 aliphatic carbocycles. The van der Waals surface area contributed by atoms with Crippen molar-refractivity contribution in [2.75, 3.05) is 6.54 Å². The van der Waals surface area contributed by atoms with Gasteiger partial charge in [0.25, 0.3) is 5.56 Å². The van der Waals surface area contributed by atoms with Crippen LogP contribution in [-0.2, 0) is 20.0 Å². The van der Waals surface area contributed by atoms with Crippen LogP contribution in [0.1, 0.15) is 31.9 Å². The van der Waals surface area contributed by atoms with Crippen LogP contribution in [0, 0.1) is 5.92 Å². The maximum absolute atomic E-state index is 12.2. The molecule has 4 heteroatoms. The Hall–Kier alpha value is -1.94. The molecule has 0 aliphatic rings. The van der Waals surface area contributed by atoms with Gasteiger partial charge >= 0.3 is 0 Å². The van der Waals surface area contributed by atoms with Gasteiger partial charge in [-0.1, -0.05) is 45.0 Å². The lowest BCUT2D eigenvalue weighted by Gasteiger charge is -2.10. The second-order valence-corrected chi connectivity index (χ2v) is 6.06. The van der Waals surface area contributed by atoms with Crippen molar-refractivity contribution in [2.24, 2.45) is 13.0 Å². The highest BCUT2D eigenvalue weighted by Crippen LogP contribution is 2.17. The van der Waals surface area contributed by atoms with E-state index in [0.29, 0.717) is 12.5 Å². The third-order valence-electron chi connectivity index (χ3n) is 3.66. The fraction of sp³-hybridized carbons (Fsp3) is 0.444. The van der Waals surface area contributed by atoms with E-state index in [9.17, 15) is 4.79 Å². The molecule has 118 valence electrons. The lowest BCUT2D eigenvalue weighted by Crippen LogP contribution is -2.29. The number of nitrogens with one attached hydrogen (secondary N) is 1. The topological polar surface area (TPSA) is 46.9 Å². The molecule has 1 aromatic carbocycles. The normalized spacial score (nSPS) is 11.1. The molecule has 0 atom stereocenters. The van der Waals surface area contributed by atoms with Crippen LogP contribution in [0.25, 0.3) is 11.3 Å². The van der Waals surface area contributed by atoms with Crippen molar-refractivity contribution >= 4 is 0 Å². The Morgan fingerprint density at radius 3 is 2.50 bits per heavy atom. The minimum absolute atomic E-state index is 0.0369. The van der Waals surface area contributed by atoms with Crippen LogP contribution in [0.5, 0.6) is 0 Å². The molecule has 1 N–H and O–H groups in total. The van der Waals surface area contributed by atoms with Gasteiger partial charge in [-0.25, -0.2) is 4.68 Å². The van der Waals surface area contributed by atoms with Gasteiger partial charge in [0, 0.05) is 24.7 Å². The Morgan fingerprint density at radius 2 is 1.91 bits per heavy atom. The number of rotatable bonds is 6. The summed E-state index contributed by atoms with van der Waals surface area (Å²) in [6, 6.07) is 10.3. The first kappa shape index (κ1) is 16.4. The van der Waals surface area contributed by atoms with Gasteiger partial charge in [-0.05, 0) is 30.5 Å². The second kappa shape index (κ2) is 7.36. The summed E-state index contributed by atoms with van der Waals surface area (Å²) >= 11 is 0. The molecule has 0 amide bonds. The van der Waals surface area contributed by atoms with Gasteiger partial charge < -0.3 is 5.32 Å². The van der Waals surface area contributed by atoms with Gasteiger partial charge in [-0.2, -0.15) is 5.10 Å². The highest BCUT2D eigenvalue weighted by molar-refractivity contribution is 5.59. The average Bonchev–Trinajstić information content (AvgIpc) is 2.51. The van der Waals surface area contributed by atoms with Crippen LogP contribution < -0.4 is 10.9 Å². The maximum atomic E-state index is 12.2. The summed E-state index contributed by atoms with van der Waals surface area (Å²) in [6.45, 7) is 7.91. The van der Waals surface area contributed by atoms with E-state index in [-0.39, 0.29) is 5.56 Å². The fourth-order valence-electron chi connectivity index (χ4n) is 2.34. The number of hydrogen-bond donors (Lipinski definition) is 1. The molecule has 1 aromatic heterocycles. The minimum Gasteiger partial charge on any atom is -0.312 e. The Labute approximate surface area is 132 Å². The Morgan fingerprint density at radius 1 is 1.23 bits per heavy atom. The van der Waals surface area contributed by atoms with Gasteiger partial charge in [0.15, 0.2) is 0 Å². The summed E-state index contributed by atoms with van der Waals surface area (Å²) < 4.78 is 1.43. The molecule has 2 rings (SSSR count). The second-order valence-electron chi connectivity index (χ2n) is 6.06. The van der Waals surface area contributed by atoms with Crippen LogP contribution in [0.4, 0.5) is 0 Å². The van der Waals surface area contributed by atoms with Crippen molar-refractivity contribution in [1.29, 1.82) is 0 Å². The summed E-state index contributed by atoms with van der Waals surface area (Å²) in [7, 11) is 1.71. The predicted molar refractivity (Wildman–Crippen MR) is 90.8 cm³/mol. The third kappa shape index (κ3) is 4.04. The number of aryl methyl sites for hydroxylation is 2. The molecule has 0 spiro atoms. The molecule has 0 saturated heterocycles.